The van der Waals surface area contributed by atoms with Crippen molar-refractivity contribution in [2.75, 3.05) is 0 Å². The van der Waals surface area contributed by atoms with Crippen LogP contribution in [0.15, 0.2) is 115 Å². The molecule has 180 valence electrons. The summed E-state index contributed by atoms with van der Waals surface area (Å²) in [6, 6.07) is 35.1. The summed E-state index contributed by atoms with van der Waals surface area (Å²) in [6.07, 6.45) is 0. The van der Waals surface area contributed by atoms with Crippen LogP contribution in [-0.2, 0) is 0 Å². The van der Waals surface area contributed by atoms with Crippen molar-refractivity contribution < 1.29 is 20.4 Å². The minimum absolute atomic E-state index is 0.0480. The second-order valence-corrected chi connectivity index (χ2v) is 9.23. The Morgan fingerprint density at radius 1 is 0.432 bits per heavy atom. The van der Waals surface area contributed by atoms with Crippen molar-refractivity contribution in [1.82, 2.24) is 0 Å². The van der Waals surface area contributed by atoms with Crippen LogP contribution in [0.3, 0.4) is 0 Å². The fourth-order valence-electron chi connectivity index (χ4n) is 5.22. The summed E-state index contributed by atoms with van der Waals surface area (Å²) >= 11 is 0. The molecule has 0 aliphatic heterocycles. The van der Waals surface area contributed by atoms with Crippen molar-refractivity contribution in [3.63, 3.8) is 0 Å². The van der Waals surface area contributed by atoms with Gasteiger partial charge in [0.15, 0.2) is 0 Å². The van der Waals surface area contributed by atoms with E-state index >= 15 is 0 Å². The number of fused-ring (bicyclic) bond motifs is 2. The van der Waals surface area contributed by atoms with Gasteiger partial charge in [0.25, 0.3) is 0 Å². The summed E-state index contributed by atoms with van der Waals surface area (Å²) in [6.45, 7) is 0. The lowest BCUT2D eigenvalue weighted by Gasteiger charge is -2.24. The third-order valence-electron chi connectivity index (χ3n) is 6.98. The molecule has 4 heteroatoms. The summed E-state index contributed by atoms with van der Waals surface area (Å²) < 4.78 is 0. The molecule has 0 fully saturated rings. The van der Waals surface area contributed by atoms with E-state index in [2.05, 4.69) is 0 Å². The summed E-state index contributed by atoms with van der Waals surface area (Å²) in [5, 5.41) is 46.2. The van der Waals surface area contributed by atoms with Gasteiger partial charge in [0.2, 0.25) is 0 Å². The zero-order chi connectivity index (χ0) is 25.5. The van der Waals surface area contributed by atoms with Gasteiger partial charge in [-0.25, -0.2) is 0 Å². The molecule has 6 aromatic rings. The molecular weight excluding hydrogens is 460 g/mol. The molecule has 0 saturated carbocycles. The van der Waals surface area contributed by atoms with Crippen LogP contribution >= 0.6 is 0 Å². The first-order valence-electron chi connectivity index (χ1n) is 12.0. The van der Waals surface area contributed by atoms with Crippen molar-refractivity contribution in [2.24, 2.45) is 0 Å². The molecule has 0 heterocycles. The number of hydrogen-bond donors (Lipinski definition) is 4. The molecule has 0 bridgehead atoms. The maximum atomic E-state index is 11.2. The van der Waals surface area contributed by atoms with Gasteiger partial charge in [0.1, 0.15) is 23.0 Å². The molecule has 0 aliphatic rings. The lowest BCUT2D eigenvalue weighted by molar-refractivity contribution is 0.460. The largest absolute Gasteiger partial charge is 0.508 e. The van der Waals surface area contributed by atoms with Gasteiger partial charge in [-0.2, -0.15) is 0 Å². The van der Waals surface area contributed by atoms with E-state index in [1.807, 2.05) is 54.6 Å². The molecule has 0 radical (unpaired) electrons. The third-order valence-corrected chi connectivity index (χ3v) is 6.98. The maximum Gasteiger partial charge on any atom is 0.120 e. The fourth-order valence-corrected chi connectivity index (χ4v) is 5.22. The van der Waals surface area contributed by atoms with E-state index in [1.165, 1.54) is 0 Å². The van der Waals surface area contributed by atoms with Crippen LogP contribution in [0.2, 0.25) is 0 Å². The number of aromatic hydroxyl groups is 4. The summed E-state index contributed by atoms with van der Waals surface area (Å²) in [7, 11) is 0. The average Bonchev–Trinajstić information content (AvgIpc) is 2.92. The highest BCUT2D eigenvalue weighted by molar-refractivity contribution is 5.94. The van der Waals surface area contributed by atoms with Crippen LogP contribution in [0, 0.1) is 0 Å². The topological polar surface area (TPSA) is 80.9 Å². The van der Waals surface area contributed by atoms with Gasteiger partial charge in [-0.15, -0.1) is 0 Å². The Morgan fingerprint density at radius 2 is 0.892 bits per heavy atom. The normalized spacial score (nSPS) is 11.4. The Balaban J connectivity index is 1.67. The Hall–Kier alpha value is -4.96. The molecule has 0 aliphatic carbocycles. The van der Waals surface area contributed by atoms with Gasteiger partial charge in [0, 0.05) is 17.0 Å². The first-order valence-corrected chi connectivity index (χ1v) is 12.0. The second-order valence-electron chi connectivity index (χ2n) is 9.23. The van der Waals surface area contributed by atoms with E-state index < -0.39 is 5.92 Å². The van der Waals surface area contributed by atoms with Gasteiger partial charge >= 0.3 is 0 Å². The van der Waals surface area contributed by atoms with Crippen LogP contribution in [0.25, 0.3) is 32.7 Å². The van der Waals surface area contributed by atoms with Crippen LogP contribution < -0.4 is 0 Å². The molecule has 0 aromatic heterocycles. The van der Waals surface area contributed by atoms with E-state index in [4.69, 9.17) is 0 Å². The number of rotatable bonds is 4. The van der Waals surface area contributed by atoms with Crippen LogP contribution in [0.5, 0.6) is 23.0 Å². The van der Waals surface area contributed by atoms with Gasteiger partial charge in [0.05, 0.1) is 0 Å². The second kappa shape index (κ2) is 8.92. The monoisotopic (exact) mass is 484 g/mol. The highest BCUT2D eigenvalue weighted by atomic mass is 16.3. The zero-order valence-electron chi connectivity index (χ0n) is 19.8. The van der Waals surface area contributed by atoms with E-state index in [0.29, 0.717) is 21.9 Å². The minimum Gasteiger partial charge on any atom is -0.508 e. The van der Waals surface area contributed by atoms with Gasteiger partial charge in [-0.05, 0) is 74.6 Å². The molecule has 6 aromatic carbocycles. The lowest BCUT2D eigenvalue weighted by atomic mass is 9.79. The number of phenols is 4. The molecule has 0 unspecified atom stereocenters. The summed E-state index contributed by atoms with van der Waals surface area (Å²) in [5.74, 6) is -0.339. The quantitative estimate of drug-likeness (QED) is 0.194. The summed E-state index contributed by atoms with van der Waals surface area (Å²) in [5.41, 5.74) is 4.10. The van der Waals surface area contributed by atoms with Crippen molar-refractivity contribution in [3.8, 4) is 34.1 Å². The molecule has 0 saturated heterocycles. The zero-order valence-corrected chi connectivity index (χ0v) is 19.8. The molecule has 0 spiro atoms. The van der Waals surface area contributed by atoms with Gasteiger partial charge in [-0.1, -0.05) is 78.9 Å². The average molecular weight is 485 g/mol. The Kier molecular flexibility index (Phi) is 5.42. The van der Waals surface area contributed by atoms with E-state index in [9.17, 15) is 20.4 Å². The smallest absolute Gasteiger partial charge is 0.120 e. The van der Waals surface area contributed by atoms with Crippen molar-refractivity contribution in [3.05, 3.63) is 132 Å². The molecule has 6 rings (SSSR count). The standard InChI is InChI=1S/C33H24O4/c34-25-14-10-22-12-16-29(36)32(27(22)18-25)31(24-8-6-21(7-9-24)20-4-2-1-3-5-20)33-28-19-26(35)15-11-23(28)13-17-30(33)37/h1-19,31,34-37H. The molecule has 4 N–H and O–H groups in total. The molecule has 0 amide bonds. The molecule has 0 atom stereocenters. The van der Waals surface area contributed by atoms with Crippen molar-refractivity contribution in [2.45, 2.75) is 5.92 Å². The van der Waals surface area contributed by atoms with Crippen LogP contribution in [0.4, 0.5) is 0 Å². The first-order chi connectivity index (χ1) is 18.0. The highest BCUT2D eigenvalue weighted by Crippen LogP contribution is 2.47. The van der Waals surface area contributed by atoms with E-state index in [-0.39, 0.29) is 23.0 Å². The molecule has 4 nitrogen and oxygen atoms in total. The predicted octanol–water partition coefficient (Wildman–Crippen LogP) is 7.66. The maximum absolute atomic E-state index is 11.2. The minimum atomic E-state index is -0.596. The van der Waals surface area contributed by atoms with Crippen LogP contribution in [-0.4, -0.2) is 20.4 Å². The predicted molar refractivity (Wildman–Crippen MR) is 147 cm³/mol. The SMILES string of the molecule is Oc1ccc2ccc(O)c(C(c3ccc(-c4ccccc4)cc3)c3c(O)ccc4ccc(O)cc34)c2c1. The molecule has 37 heavy (non-hydrogen) atoms. The molecular formula is C33H24O4. The fraction of sp³-hybridized carbons (Fsp3) is 0.0303. The Bertz CT molecular complexity index is 1650. The third kappa shape index (κ3) is 3.99. The summed E-state index contributed by atoms with van der Waals surface area (Å²) in [4.78, 5) is 0. The van der Waals surface area contributed by atoms with Crippen molar-refractivity contribution >= 4 is 21.5 Å². The van der Waals surface area contributed by atoms with E-state index in [0.717, 1.165) is 27.5 Å². The first kappa shape index (κ1) is 22.5. The number of phenolic OH excluding ortho intramolecular Hbond substituents is 4. The highest BCUT2D eigenvalue weighted by Gasteiger charge is 2.27. The van der Waals surface area contributed by atoms with Crippen LogP contribution in [0.1, 0.15) is 22.6 Å². The Morgan fingerprint density at radius 3 is 1.41 bits per heavy atom. The number of hydrogen-bond acceptors (Lipinski definition) is 4. The Labute approximate surface area is 214 Å². The number of benzene rings is 6. The lowest BCUT2D eigenvalue weighted by Crippen LogP contribution is -2.06. The van der Waals surface area contributed by atoms with E-state index in [1.54, 1.807) is 60.7 Å². The van der Waals surface area contributed by atoms with Gasteiger partial charge in [-0.3, -0.25) is 0 Å². The van der Waals surface area contributed by atoms with Crippen molar-refractivity contribution in [1.29, 1.82) is 0 Å². The van der Waals surface area contributed by atoms with Gasteiger partial charge < -0.3 is 20.4 Å².